The van der Waals surface area contributed by atoms with E-state index in [1.165, 1.54) is 12.1 Å². The van der Waals surface area contributed by atoms with Crippen molar-refractivity contribution in [3.05, 3.63) is 65.0 Å². The van der Waals surface area contributed by atoms with Gasteiger partial charge in [-0.25, -0.2) is 0 Å². The Morgan fingerprint density at radius 1 is 1.21 bits per heavy atom. The Kier molecular flexibility index (Phi) is 6.90. The van der Waals surface area contributed by atoms with E-state index in [0.717, 1.165) is 54.9 Å². The molecule has 1 amide bonds. The summed E-state index contributed by atoms with van der Waals surface area (Å²) in [5.41, 5.74) is 2.74. The maximum absolute atomic E-state index is 13.3. The maximum Gasteiger partial charge on any atom is 0.416 e. The first-order chi connectivity index (χ1) is 15.8. The zero-order valence-electron chi connectivity index (χ0n) is 18.9. The summed E-state index contributed by atoms with van der Waals surface area (Å²) in [5.74, 6) is -0.0226. The number of allylic oxidation sites excluding steroid dienone is 1. The normalized spacial score (nSPS) is 19.4. The summed E-state index contributed by atoms with van der Waals surface area (Å²) in [5, 5.41) is 8.13. The molecule has 2 aliphatic rings. The number of piperazine rings is 1. The lowest BCUT2D eigenvalue weighted by atomic mass is 9.90. The standard InChI is InChI=1S/C24H30F3N5O/c1-3-10-32-21-9-8-19(28-16-17-4-6-18(7-5-17)24(25,26)27)15-20(21)22(29-32)23(33)31-13-11-30(2)12-14-31/h3-7,19,28H,1,8-16H2,2H3. The lowest BCUT2D eigenvalue weighted by molar-refractivity contribution is -0.137. The van der Waals surface area contributed by atoms with Crippen molar-refractivity contribution < 1.29 is 18.0 Å². The lowest BCUT2D eigenvalue weighted by Gasteiger charge is -2.32. The van der Waals surface area contributed by atoms with E-state index in [2.05, 4.69) is 28.9 Å². The van der Waals surface area contributed by atoms with Crippen molar-refractivity contribution in [2.75, 3.05) is 33.2 Å². The van der Waals surface area contributed by atoms with E-state index in [-0.39, 0.29) is 11.9 Å². The fraction of sp³-hybridized carbons (Fsp3) is 0.500. The molecule has 1 aromatic carbocycles. The summed E-state index contributed by atoms with van der Waals surface area (Å²) in [6.45, 7) is 7.91. The molecular formula is C24H30F3N5O. The third-order valence-corrected chi connectivity index (χ3v) is 6.52. The van der Waals surface area contributed by atoms with Gasteiger partial charge in [-0.3, -0.25) is 9.48 Å². The second-order valence-electron chi connectivity index (χ2n) is 8.86. The summed E-state index contributed by atoms with van der Waals surface area (Å²) >= 11 is 0. The predicted molar refractivity (Wildman–Crippen MR) is 120 cm³/mol. The Morgan fingerprint density at radius 2 is 1.91 bits per heavy atom. The molecule has 4 rings (SSSR count). The van der Waals surface area contributed by atoms with Crippen molar-refractivity contribution in [3.8, 4) is 0 Å². The summed E-state index contributed by atoms with van der Waals surface area (Å²) in [4.78, 5) is 17.4. The molecular weight excluding hydrogens is 431 g/mol. The van der Waals surface area contributed by atoms with Crippen LogP contribution in [0.1, 0.15) is 39.3 Å². The fourth-order valence-corrected chi connectivity index (χ4v) is 4.54. The van der Waals surface area contributed by atoms with Crippen molar-refractivity contribution >= 4 is 5.91 Å². The van der Waals surface area contributed by atoms with Gasteiger partial charge in [0.2, 0.25) is 0 Å². The van der Waals surface area contributed by atoms with Crippen LogP contribution in [-0.4, -0.2) is 64.8 Å². The number of nitrogens with zero attached hydrogens (tertiary/aromatic N) is 4. The molecule has 1 N–H and O–H groups in total. The highest BCUT2D eigenvalue weighted by Crippen LogP contribution is 2.29. The summed E-state index contributed by atoms with van der Waals surface area (Å²) in [6.07, 6.45) is -0.215. The monoisotopic (exact) mass is 461 g/mol. The summed E-state index contributed by atoms with van der Waals surface area (Å²) in [6, 6.07) is 5.37. The van der Waals surface area contributed by atoms with Crippen molar-refractivity contribution in [1.29, 1.82) is 0 Å². The van der Waals surface area contributed by atoms with E-state index in [1.54, 1.807) is 6.08 Å². The highest BCUT2D eigenvalue weighted by atomic mass is 19.4. The Balaban J connectivity index is 1.46. The van der Waals surface area contributed by atoms with Gasteiger partial charge < -0.3 is 15.1 Å². The molecule has 1 aliphatic carbocycles. The first-order valence-corrected chi connectivity index (χ1v) is 11.3. The van der Waals surface area contributed by atoms with E-state index in [1.807, 2.05) is 9.58 Å². The SMILES string of the molecule is C=CCn1nc(C(=O)N2CCN(C)CC2)c2c1CCC(NCc1ccc(C(F)(F)F)cc1)C2. The van der Waals surface area contributed by atoms with Gasteiger partial charge in [0.25, 0.3) is 5.91 Å². The molecule has 1 fully saturated rings. The Morgan fingerprint density at radius 3 is 2.55 bits per heavy atom. The number of carbonyl (C=O) groups is 1. The summed E-state index contributed by atoms with van der Waals surface area (Å²) in [7, 11) is 2.05. The number of likely N-dealkylation sites (N-methyl/N-ethyl adjacent to an activating group) is 1. The van der Waals surface area contributed by atoms with Gasteiger partial charge in [0.15, 0.2) is 5.69 Å². The Hall–Kier alpha value is -2.65. The Bertz CT molecular complexity index is 991. The topological polar surface area (TPSA) is 53.4 Å². The maximum atomic E-state index is 13.3. The van der Waals surface area contributed by atoms with Crippen molar-refractivity contribution in [3.63, 3.8) is 0 Å². The van der Waals surface area contributed by atoms with Crippen molar-refractivity contribution in [2.24, 2.45) is 0 Å². The van der Waals surface area contributed by atoms with Crippen LogP contribution >= 0.6 is 0 Å². The lowest BCUT2D eigenvalue weighted by Crippen LogP contribution is -2.47. The van der Waals surface area contributed by atoms with Gasteiger partial charge in [0.05, 0.1) is 12.1 Å². The first-order valence-electron chi connectivity index (χ1n) is 11.3. The number of aromatic nitrogens is 2. The minimum absolute atomic E-state index is 0.0226. The third kappa shape index (κ3) is 5.30. The number of hydrogen-bond donors (Lipinski definition) is 1. The quantitative estimate of drug-likeness (QED) is 0.672. The Labute approximate surface area is 192 Å². The van der Waals surface area contributed by atoms with E-state index in [9.17, 15) is 18.0 Å². The second-order valence-corrected chi connectivity index (χ2v) is 8.86. The fourth-order valence-electron chi connectivity index (χ4n) is 4.54. The number of hydrogen-bond acceptors (Lipinski definition) is 4. The smallest absolute Gasteiger partial charge is 0.335 e. The van der Waals surface area contributed by atoms with Crippen molar-refractivity contribution in [1.82, 2.24) is 24.9 Å². The molecule has 0 radical (unpaired) electrons. The minimum atomic E-state index is -4.33. The molecule has 178 valence electrons. The molecule has 1 unspecified atom stereocenters. The van der Waals surface area contributed by atoms with Crippen molar-refractivity contribution in [2.45, 2.75) is 44.6 Å². The predicted octanol–water partition coefficient (Wildman–Crippen LogP) is 3.12. The molecule has 1 saturated heterocycles. The average molecular weight is 462 g/mol. The number of nitrogens with one attached hydrogen (secondary N) is 1. The van der Waals surface area contributed by atoms with Gasteiger partial charge in [-0.15, -0.1) is 6.58 Å². The van der Waals surface area contributed by atoms with Crippen LogP contribution in [0.2, 0.25) is 0 Å². The van der Waals surface area contributed by atoms with E-state index < -0.39 is 11.7 Å². The van der Waals surface area contributed by atoms with Gasteiger partial charge in [-0.1, -0.05) is 18.2 Å². The number of carbonyl (C=O) groups excluding carboxylic acids is 1. The van der Waals surface area contributed by atoms with E-state index in [4.69, 9.17) is 0 Å². The number of halogens is 3. The van der Waals surface area contributed by atoms with Gasteiger partial charge >= 0.3 is 6.18 Å². The highest BCUT2D eigenvalue weighted by molar-refractivity contribution is 5.94. The number of alkyl halides is 3. The number of benzene rings is 1. The second kappa shape index (κ2) is 9.69. The van der Waals surface area contributed by atoms with E-state index >= 15 is 0 Å². The molecule has 2 heterocycles. The van der Waals surface area contributed by atoms with Gasteiger partial charge in [0, 0.05) is 50.0 Å². The van der Waals surface area contributed by atoms with E-state index in [0.29, 0.717) is 38.3 Å². The molecule has 9 heteroatoms. The molecule has 1 aromatic heterocycles. The van der Waals surface area contributed by atoms with Crippen LogP contribution in [-0.2, 0) is 32.1 Å². The molecule has 33 heavy (non-hydrogen) atoms. The molecule has 0 bridgehead atoms. The molecule has 0 saturated carbocycles. The van der Waals surface area contributed by atoms with Crippen LogP contribution in [0, 0.1) is 0 Å². The number of fused-ring (bicyclic) bond motifs is 1. The van der Waals surface area contributed by atoms with Crippen LogP contribution in [0.3, 0.4) is 0 Å². The van der Waals surface area contributed by atoms with Crippen LogP contribution in [0.25, 0.3) is 0 Å². The highest BCUT2D eigenvalue weighted by Gasteiger charge is 2.32. The van der Waals surface area contributed by atoms with Gasteiger partial charge in [-0.05, 0) is 44.0 Å². The zero-order valence-corrected chi connectivity index (χ0v) is 18.9. The molecule has 0 spiro atoms. The van der Waals surface area contributed by atoms with Crippen LogP contribution < -0.4 is 5.32 Å². The molecule has 6 nitrogen and oxygen atoms in total. The van der Waals surface area contributed by atoms with Crippen LogP contribution in [0.15, 0.2) is 36.9 Å². The molecule has 2 aromatic rings. The third-order valence-electron chi connectivity index (χ3n) is 6.52. The number of rotatable bonds is 6. The van der Waals surface area contributed by atoms with Crippen LogP contribution in [0.4, 0.5) is 13.2 Å². The minimum Gasteiger partial charge on any atom is -0.335 e. The number of amides is 1. The van der Waals surface area contributed by atoms with Crippen LogP contribution in [0.5, 0.6) is 0 Å². The molecule has 1 aliphatic heterocycles. The molecule has 1 atom stereocenters. The largest absolute Gasteiger partial charge is 0.416 e. The first kappa shape index (κ1) is 23.5. The average Bonchev–Trinajstić information content (AvgIpc) is 3.15. The zero-order chi connectivity index (χ0) is 23.6. The summed E-state index contributed by atoms with van der Waals surface area (Å²) < 4.78 is 40.2. The van der Waals surface area contributed by atoms with Gasteiger partial charge in [0.1, 0.15) is 0 Å². The van der Waals surface area contributed by atoms with Gasteiger partial charge in [-0.2, -0.15) is 18.3 Å².